The lowest BCUT2D eigenvalue weighted by Gasteiger charge is -2.32. The van der Waals surface area contributed by atoms with E-state index in [4.69, 9.17) is 8.23 Å². The van der Waals surface area contributed by atoms with Gasteiger partial charge < -0.3 is 8.23 Å². The van der Waals surface area contributed by atoms with E-state index in [2.05, 4.69) is 0 Å². The molecule has 0 aliphatic carbocycles. The molecule has 0 aliphatic heterocycles. The van der Waals surface area contributed by atoms with Crippen LogP contribution in [0.15, 0.2) is 0 Å². The second-order valence-electron chi connectivity index (χ2n) is 5.64. The molecular weight excluding hydrogens is 364 g/mol. The molecule has 22 heavy (non-hydrogen) atoms. The molecule has 1 aromatic rings. The van der Waals surface area contributed by atoms with E-state index in [9.17, 15) is 17.6 Å². The molecule has 0 aromatic heterocycles. The summed E-state index contributed by atoms with van der Waals surface area (Å²) in [5.74, 6) is -6.29. The van der Waals surface area contributed by atoms with E-state index in [0.717, 1.165) is 0 Å². The standard InChI is InChI=1S/C12H18F4O2Si4/c1-19-17-21(3,4)11-9(15)7(13)8(14)10(16)12(11)22(5,6)18-20-2/h1-6H3. The maximum absolute atomic E-state index is 14.4. The van der Waals surface area contributed by atoms with E-state index in [-0.39, 0.29) is 29.9 Å². The minimum absolute atomic E-state index is 0.0354. The van der Waals surface area contributed by atoms with Gasteiger partial charge in [0.25, 0.3) is 0 Å². The molecule has 2 nitrogen and oxygen atoms in total. The predicted molar refractivity (Wildman–Crippen MR) is 85.9 cm³/mol. The van der Waals surface area contributed by atoms with Gasteiger partial charge in [-0.15, -0.1) is 0 Å². The van der Waals surface area contributed by atoms with E-state index in [1.165, 1.54) is 0 Å². The van der Waals surface area contributed by atoms with Crippen molar-refractivity contribution in [1.29, 1.82) is 0 Å². The Bertz CT molecular complexity index is 518. The molecule has 0 fully saturated rings. The quantitative estimate of drug-likeness (QED) is 0.326. The summed E-state index contributed by atoms with van der Waals surface area (Å²) in [5, 5.41) is -0.318. The van der Waals surface area contributed by atoms with Gasteiger partial charge in [-0.1, -0.05) is 0 Å². The normalized spacial score (nSPS) is 12.8. The number of hydrogen-bond acceptors (Lipinski definition) is 2. The highest BCUT2D eigenvalue weighted by Crippen LogP contribution is 2.19. The second-order valence-corrected chi connectivity index (χ2v) is 15.1. The molecule has 1 aromatic carbocycles. The van der Waals surface area contributed by atoms with Crippen molar-refractivity contribution < 1.29 is 25.8 Å². The molecule has 0 amide bonds. The zero-order valence-corrected chi connectivity index (χ0v) is 17.3. The Kier molecular flexibility index (Phi) is 6.37. The Labute approximate surface area is 135 Å². The van der Waals surface area contributed by atoms with Gasteiger partial charge in [0, 0.05) is 10.4 Å². The molecule has 4 radical (unpaired) electrons. The smallest absolute Gasteiger partial charge is 0.211 e. The first-order valence-electron chi connectivity index (χ1n) is 6.57. The van der Waals surface area contributed by atoms with Crippen LogP contribution in [0.4, 0.5) is 17.6 Å². The van der Waals surface area contributed by atoms with Crippen LogP contribution in [0.25, 0.3) is 0 Å². The van der Waals surface area contributed by atoms with Crippen LogP contribution in [0.1, 0.15) is 0 Å². The summed E-state index contributed by atoms with van der Waals surface area (Å²) in [6.07, 6.45) is 0. The summed E-state index contributed by atoms with van der Waals surface area (Å²) in [6.45, 7) is 10.0. The number of hydrogen-bond donors (Lipinski definition) is 0. The fourth-order valence-corrected chi connectivity index (χ4v) is 11.8. The summed E-state index contributed by atoms with van der Waals surface area (Å²) in [5.41, 5.74) is 0. The fourth-order valence-electron chi connectivity index (χ4n) is 2.37. The number of benzene rings is 1. The van der Waals surface area contributed by atoms with Crippen molar-refractivity contribution in [2.75, 3.05) is 0 Å². The molecule has 0 N–H and O–H groups in total. The zero-order valence-electron chi connectivity index (χ0n) is 13.3. The second kappa shape index (κ2) is 7.09. The molecule has 0 heterocycles. The average molecular weight is 383 g/mol. The van der Waals surface area contributed by atoms with Crippen LogP contribution >= 0.6 is 0 Å². The lowest BCUT2D eigenvalue weighted by Crippen LogP contribution is -2.64. The Morgan fingerprint density at radius 3 is 1.14 bits per heavy atom. The Morgan fingerprint density at radius 2 is 0.909 bits per heavy atom. The first-order chi connectivity index (χ1) is 10.0. The van der Waals surface area contributed by atoms with Gasteiger partial charge in [-0.05, 0) is 39.3 Å². The first kappa shape index (κ1) is 19.8. The van der Waals surface area contributed by atoms with E-state index in [1.54, 1.807) is 39.3 Å². The maximum atomic E-state index is 14.4. The van der Waals surface area contributed by atoms with Gasteiger partial charge in [0.1, 0.15) is 0 Å². The fraction of sp³-hybridized carbons (Fsp3) is 0.500. The highest BCUT2D eigenvalue weighted by molar-refractivity contribution is 6.96. The van der Waals surface area contributed by atoms with Gasteiger partial charge >= 0.3 is 0 Å². The van der Waals surface area contributed by atoms with Gasteiger partial charge in [0.2, 0.25) is 36.2 Å². The van der Waals surface area contributed by atoms with Crippen molar-refractivity contribution in [2.45, 2.75) is 39.3 Å². The van der Waals surface area contributed by atoms with Crippen LogP contribution in [0, 0.1) is 23.3 Å². The minimum atomic E-state index is -2.94. The third-order valence-electron chi connectivity index (χ3n) is 3.19. The Morgan fingerprint density at radius 1 is 0.636 bits per heavy atom. The van der Waals surface area contributed by atoms with Crippen molar-refractivity contribution in [3.8, 4) is 0 Å². The van der Waals surface area contributed by atoms with Crippen molar-refractivity contribution >= 4 is 46.5 Å². The van der Waals surface area contributed by atoms with Gasteiger partial charge in [-0.2, -0.15) is 0 Å². The summed E-state index contributed by atoms with van der Waals surface area (Å²) in [6, 6.07) is 0. The van der Waals surface area contributed by atoms with Crippen LogP contribution in [-0.2, 0) is 8.23 Å². The topological polar surface area (TPSA) is 18.5 Å². The summed E-state index contributed by atoms with van der Waals surface area (Å²) < 4.78 is 67.5. The third-order valence-corrected chi connectivity index (χ3v) is 12.5. The molecule has 0 aliphatic rings. The first-order valence-corrected chi connectivity index (χ1v) is 15.2. The predicted octanol–water partition coefficient (Wildman–Crippen LogP) is 2.44. The maximum Gasteiger partial charge on any atom is 0.211 e. The average Bonchev–Trinajstić information content (AvgIpc) is 2.39. The van der Waals surface area contributed by atoms with Crippen LogP contribution in [0.5, 0.6) is 0 Å². The lowest BCUT2D eigenvalue weighted by atomic mass is 10.3. The van der Waals surface area contributed by atoms with Gasteiger partial charge in [-0.3, -0.25) is 0 Å². The van der Waals surface area contributed by atoms with Gasteiger partial charge in [-0.25, -0.2) is 17.6 Å². The Hall–Kier alpha value is -0.272. The van der Waals surface area contributed by atoms with Crippen LogP contribution in [-0.4, -0.2) is 36.2 Å². The van der Waals surface area contributed by atoms with E-state index < -0.39 is 39.9 Å². The highest BCUT2D eigenvalue weighted by Gasteiger charge is 2.43. The van der Waals surface area contributed by atoms with Crippen LogP contribution in [0.3, 0.4) is 0 Å². The van der Waals surface area contributed by atoms with E-state index in [1.807, 2.05) is 0 Å². The largest absolute Gasteiger partial charge is 0.453 e. The summed E-state index contributed by atoms with van der Waals surface area (Å²) >= 11 is 0. The van der Waals surface area contributed by atoms with Crippen molar-refractivity contribution in [3.63, 3.8) is 0 Å². The molecule has 10 heteroatoms. The van der Waals surface area contributed by atoms with Crippen molar-refractivity contribution in [3.05, 3.63) is 23.3 Å². The molecular formula is C12H18F4O2Si4. The van der Waals surface area contributed by atoms with Gasteiger partial charge in [0.15, 0.2) is 23.3 Å². The highest BCUT2D eigenvalue weighted by atomic mass is 28.4. The molecule has 0 spiro atoms. The Balaban J connectivity index is 3.81. The molecule has 1 rings (SSSR count). The van der Waals surface area contributed by atoms with Crippen molar-refractivity contribution in [1.82, 2.24) is 0 Å². The van der Waals surface area contributed by atoms with E-state index in [0.29, 0.717) is 0 Å². The molecule has 0 saturated carbocycles. The van der Waals surface area contributed by atoms with Crippen LogP contribution in [0.2, 0.25) is 39.3 Å². The summed E-state index contributed by atoms with van der Waals surface area (Å²) in [7, 11) is -5.82. The molecule has 0 atom stereocenters. The monoisotopic (exact) mass is 382 g/mol. The SMILES string of the molecule is C[Si]O[Si](C)(C)c1c(F)c(F)c(F)c(F)c1[Si](C)(C)O[Si]C. The summed E-state index contributed by atoms with van der Waals surface area (Å²) in [4.78, 5) is 0. The molecule has 0 unspecified atom stereocenters. The van der Waals surface area contributed by atoms with E-state index >= 15 is 0 Å². The lowest BCUT2D eigenvalue weighted by molar-refractivity contribution is 0.413. The third kappa shape index (κ3) is 3.62. The number of rotatable bonds is 6. The van der Waals surface area contributed by atoms with Crippen LogP contribution < -0.4 is 10.4 Å². The molecule has 0 saturated heterocycles. The molecule has 122 valence electrons. The minimum Gasteiger partial charge on any atom is -0.453 e. The zero-order chi connectivity index (χ0) is 17.3. The number of halogens is 4. The van der Waals surface area contributed by atoms with Crippen molar-refractivity contribution in [2.24, 2.45) is 0 Å². The molecule has 0 bridgehead atoms. The van der Waals surface area contributed by atoms with Gasteiger partial charge in [0.05, 0.1) is 0 Å².